The fraction of sp³-hybridized carbons (Fsp3) is 0.583. The first-order chi connectivity index (χ1) is 9.11. The zero-order chi connectivity index (χ0) is 13.8. The summed E-state index contributed by atoms with van der Waals surface area (Å²) in [5, 5.41) is 15.1. The van der Waals surface area contributed by atoms with Gasteiger partial charge in [0, 0.05) is 17.5 Å². The van der Waals surface area contributed by atoms with Gasteiger partial charge in [-0.1, -0.05) is 24.2 Å². The third kappa shape index (κ3) is 3.30. The number of nitrogens with one attached hydrogen (secondary N) is 1. The lowest BCUT2D eigenvalue weighted by Gasteiger charge is -2.31. The largest absolute Gasteiger partial charge is 0.349 e. The normalized spacial score (nSPS) is 23.0. The van der Waals surface area contributed by atoms with E-state index in [1.165, 1.54) is 11.4 Å². The molecule has 0 saturated heterocycles. The Hall–Kier alpha value is -1.47. The Morgan fingerprint density at radius 3 is 2.89 bits per heavy atom. The lowest BCUT2D eigenvalue weighted by atomic mass is 9.84. The molecule has 1 aliphatic carbocycles. The Balaban J connectivity index is 2.01. The molecule has 7 heteroatoms. The Labute approximate surface area is 115 Å². The summed E-state index contributed by atoms with van der Waals surface area (Å²) in [5.41, 5.74) is 6.07. The van der Waals surface area contributed by atoms with Crippen LogP contribution in [0.1, 0.15) is 36.0 Å². The van der Waals surface area contributed by atoms with Crippen LogP contribution in [-0.2, 0) is 0 Å². The summed E-state index contributed by atoms with van der Waals surface area (Å²) in [6.07, 6.45) is 4.20. The molecule has 0 bridgehead atoms. The molecule has 6 nitrogen and oxygen atoms in total. The molecule has 1 aliphatic rings. The predicted octanol–water partition coefficient (Wildman–Crippen LogP) is 1.90. The number of thiophene rings is 1. The molecule has 1 heterocycles. The topological polar surface area (TPSA) is 98.3 Å². The number of nitrogens with two attached hydrogens (primary N) is 1. The Kier molecular flexibility index (Phi) is 4.49. The second kappa shape index (κ2) is 6.12. The molecule has 1 aromatic rings. The van der Waals surface area contributed by atoms with E-state index in [1.54, 1.807) is 0 Å². The van der Waals surface area contributed by atoms with Crippen LogP contribution < -0.4 is 11.1 Å². The van der Waals surface area contributed by atoms with Crippen molar-refractivity contribution in [3.63, 3.8) is 0 Å². The first-order valence-corrected chi connectivity index (χ1v) is 7.23. The van der Waals surface area contributed by atoms with E-state index in [-0.39, 0.29) is 17.0 Å². The van der Waals surface area contributed by atoms with E-state index in [1.807, 2.05) is 0 Å². The van der Waals surface area contributed by atoms with Gasteiger partial charge < -0.3 is 11.1 Å². The smallest absolute Gasteiger partial charge is 0.324 e. The van der Waals surface area contributed by atoms with E-state index in [4.69, 9.17) is 5.73 Å². The summed E-state index contributed by atoms with van der Waals surface area (Å²) < 4.78 is 0. The van der Waals surface area contributed by atoms with Crippen LogP contribution in [0.5, 0.6) is 0 Å². The van der Waals surface area contributed by atoms with Crippen LogP contribution in [0.2, 0.25) is 0 Å². The van der Waals surface area contributed by atoms with Crippen molar-refractivity contribution in [1.82, 2.24) is 5.32 Å². The third-order valence-corrected chi connectivity index (χ3v) is 4.44. The van der Waals surface area contributed by atoms with Crippen molar-refractivity contribution in [3.8, 4) is 0 Å². The van der Waals surface area contributed by atoms with Gasteiger partial charge in [-0.2, -0.15) is 0 Å². The van der Waals surface area contributed by atoms with Crippen molar-refractivity contribution in [2.45, 2.75) is 31.7 Å². The summed E-state index contributed by atoms with van der Waals surface area (Å²) in [6, 6.07) is 1.41. The maximum absolute atomic E-state index is 12.0. The Bertz CT molecular complexity index is 475. The van der Waals surface area contributed by atoms with E-state index < -0.39 is 4.92 Å². The maximum atomic E-state index is 12.0. The van der Waals surface area contributed by atoms with Crippen molar-refractivity contribution in [2.75, 3.05) is 6.54 Å². The van der Waals surface area contributed by atoms with Crippen LogP contribution in [0, 0.1) is 16.0 Å². The average Bonchev–Trinajstić information content (AvgIpc) is 2.89. The van der Waals surface area contributed by atoms with E-state index >= 15 is 0 Å². The first-order valence-electron chi connectivity index (χ1n) is 6.35. The summed E-state index contributed by atoms with van der Waals surface area (Å²) in [4.78, 5) is 22.2. The van der Waals surface area contributed by atoms with Gasteiger partial charge >= 0.3 is 5.00 Å². The highest BCUT2D eigenvalue weighted by atomic mass is 32.1. The molecular formula is C12H17N3O3S. The number of nitro groups is 1. The molecule has 3 N–H and O–H groups in total. The first kappa shape index (κ1) is 14.0. The predicted molar refractivity (Wildman–Crippen MR) is 73.2 cm³/mol. The molecule has 2 unspecified atom stereocenters. The molecule has 0 radical (unpaired) electrons. The molecule has 0 spiro atoms. The second-order valence-electron chi connectivity index (χ2n) is 4.79. The van der Waals surface area contributed by atoms with Gasteiger partial charge in [0.15, 0.2) is 0 Å². The number of carbonyl (C=O) groups is 1. The van der Waals surface area contributed by atoms with Gasteiger partial charge in [-0.15, -0.1) is 0 Å². The molecule has 1 amide bonds. The summed E-state index contributed by atoms with van der Waals surface area (Å²) >= 11 is 0.970. The van der Waals surface area contributed by atoms with Crippen LogP contribution in [-0.4, -0.2) is 23.4 Å². The van der Waals surface area contributed by atoms with Gasteiger partial charge in [0.2, 0.25) is 0 Å². The van der Waals surface area contributed by atoms with Crippen molar-refractivity contribution in [2.24, 2.45) is 11.7 Å². The van der Waals surface area contributed by atoms with Crippen LogP contribution in [0.15, 0.2) is 11.4 Å². The zero-order valence-electron chi connectivity index (χ0n) is 10.5. The molecule has 1 saturated carbocycles. The molecule has 1 aromatic heterocycles. The minimum Gasteiger partial charge on any atom is -0.349 e. The van der Waals surface area contributed by atoms with Crippen molar-refractivity contribution in [3.05, 3.63) is 27.1 Å². The van der Waals surface area contributed by atoms with Gasteiger partial charge in [0.25, 0.3) is 5.91 Å². The van der Waals surface area contributed by atoms with Gasteiger partial charge in [0.1, 0.15) is 0 Å². The van der Waals surface area contributed by atoms with Crippen LogP contribution in [0.3, 0.4) is 0 Å². The molecule has 0 aliphatic heterocycles. The van der Waals surface area contributed by atoms with E-state index in [2.05, 4.69) is 5.32 Å². The molecule has 104 valence electrons. The number of hydrogen-bond donors (Lipinski definition) is 2. The van der Waals surface area contributed by atoms with Gasteiger partial charge in [0.05, 0.1) is 10.5 Å². The minimum atomic E-state index is -0.481. The van der Waals surface area contributed by atoms with Crippen LogP contribution in [0.4, 0.5) is 5.00 Å². The van der Waals surface area contributed by atoms with Crippen molar-refractivity contribution < 1.29 is 9.72 Å². The molecule has 19 heavy (non-hydrogen) atoms. The standard InChI is InChI=1S/C12H17N3O3S/c13-6-8-3-1-2-4-10(8)14-12(16)9-5-11(15(17)18)19-7-9/h5,7-8,10H,1-4,6,13H2,(H,14,16). The lowest BCUT2D eigenvalue weighted by molar-refractivity contribution is -0.380. The summed E-state index contributed by atoms with van der Waals surface area (Å²) in [7, 11) is 0. The molecule has 2 rings (SSSR count). The number of carbonyl (C=O) groups excluding carboxylic acids is 1. The summed E-state index contributed by atoms with van der Waals surface area (Å²) in [5.74, 6) is 0.0704. The highest BCUT2D eigenvalue weighted by molar-refractivity contribution is 7.13. The van der Waals surface area contributed by atoms with E-state index in [0.717, 1.165) is 37.0 Å². The van der Waals surface area contributed by atoms with Crippen LogP contribution in [0.25, 0.3) is 0 Å². The molecule has 2 atom stereocenters. The third-order valence-electron chi connectivity index (χ3n) is 3.56. The zero-order valence-corrected chi connectivity index (χ0v) is 11.3. The van der Waals surface area contributed by atoms with E-state index in [0.29, 0.717) is 18.0 Å². The maximum Gasteiger partial charge on any atom is 0.324 e. The SMILES string of the molecule is NCC1CCCCC1NC(=O)c1csc([N+](=O)[O-])c1. The second-order valence-corrected chi connectivity index (χ2v) is 5.68. The van der Waals surface area contributed by atoms with Gasteiger partial charge in [-0.25, -0.2) is 0 Å². The van der Waals surface area contributed by atoms with Crippen LogP contribution >= 0.6 is 11.3 Å². The Morgan fingerprint density at radius 2 is 2.26 bits per heavy atom. The number of amides is 1. The highest BCUT2D eigenvalue weighted by Gasteiger charge is 2.26. The van der Waals surface area contributed by atoms with Crippen molar-refractivity contribution >= 4 is 22.2 Å². The van der Waals surface area contributed by atoms with Gasteiger partial charge in [-0.3, -0.25) is 14.9 Å². The van der Waals surface area contributed by atoms with Crippen molar-refractivity contribution in [1.29, 1.82) is 0 Å². The van der Waals surface area contributed by atoms with E-state index in [9.17, 15) is 14.9 Å². The lowest BCUT2D eigenvalue weighted by Crippen LogP contribution is -2.44. The number of hydrogen-bond acceptors (Lipinski definition) is 5. The average molecular weight is 283 g/mol. The molecule has 0 aromatic carbocycles. The minimum absolute atomic E-state index is 0.0100. The Morgan fingerprint density at radius 1 is 1.53 bits per heavy atom. The monoisotopic (exact) mass is 283 g/mol. The number of rotatable bonds is 4. The molecular weight excluding hydrogens is 266 g/mol. The fourth-order valence-electron chi connectivity index (χ4n) is 2.47. The quantitative estimate of drug-likeness (QED) is 0.651. The molecule has 1 fully saturated rings. The van der Waals surface area contributed by atoms with Gasteiger partial charge in [-0.05, 0) is 25.3 Å². The number of nitrogens with zero attached hydrogens (tertiary/aromatic N) is 1. The fourth-order valence-corrected chi connectivity index (χ4v) is 3.18. The highest BCUT2D eigenvalue weighted by Crippen LogP contribution is 2.25. The summed E-state index contributed by atoms with van der Waals surface area (Å²) in [6.45, 7) is 0.564.